The fourth-order valence-corrected chi connectivity index (χ4v) is 2.93. The molecule has 1 saturated heterocycles. The second-order valence-corrected chi connectivity index (χ2v) is 6.25. The van der Waals surface area contributed by atoms with E-state index in [0.29, 0.717) is 5.92 Å². The average molecular weight is 262 g/mol. The molecule has 0 bridgehead atoms. The molecule has 0 spiro atoms. The molecule has 0 saturated carbocycles. The third-order valence-corrected chi connectivity index (χ3v) is 4.09. The Labute approximate surface area is 116 Å². The van der Waals surface area contributed by atoms with E-state index in [-0.39, 0.29) is 5.54 Å². The number of ether oxygens (including phenoxy) is 1. The molecule has 0 amide bonds. The summed E-state index contributed by atoms with van der Waals surface area (Å²) in [6, 6.07) is 6.49. The summed E-state index contributed by atoms with van der Waals surface area (Å²) in [5.41, 5.74) is 9.02. The minimum absolute atomic E-state index is 0.113. The van der Waals surface area contributed by atoms with Gasteiger partial charge in [0.1, 0.15) is 5.75 Å². The summed E-state index contributed by atoms with van der Waals surface area (Å²) in [7, 11) is 3.87. The number of benzene rings is 1. The van der Waals surface area contributed by atoms with Gasteiger partial charge in [0.15, 0.2) is 0 Å². The monoisotopic (exact) mass is 262 g/mol. The predicted molar refractivity (Wildman–Crippen MR) is 79.8 cm³/mol. The number of likely N-dealkylation sites (tertiary alicyclic amines) is 1. The Hall–Kier alpha value is -1.06. The smallest absolute Gasteiger partial charge is 0.122 e. The summed E-state index contributed by atoms with van der Waals surface area (Å²) in [4.78, 5) is 2.30. The highest BCUT2D eigenvalue weighted by molar-refractivity contribution is 5.39. The Morgan fingerprint density at radius 3 is 2.68 bits per heavy atom. The fraction of sp³-hybridized carbons (Fsp3) is 0.625. The normalized spacial score (nSPS) is 24.1. The van der Waals surface area contributed by atoms with Gasteiger partial charge in [-0.25, -0.2) is 0 Å². The molecular weight excluding hydrogens is 236 g/mol. The van der Waals surface area contributed by atoms with Crippen LogP contribution >= 0.6 is 0 Å². The molecule has 1 atom stereocenters. The topological polar surface area (TPSA) is 38.5 Å². The molecule has 1 unspecified atom stereocenters. The van der Waals surface area contributed by atoms with Crippen LogP contribution in [0.4, 0.5) is 0 Å². The van der Waals surface area contributed by atoms with Crippen LogP contribution in [0, 0.1) is 0 Å². The van der Waals surface area contributed by atoms with E-state index in [4.69, 9.17) is 10.5 Å². The van der Waals surface area contributed by atoms with Gasteiger partial charge >= 0.3 is 0 Å². The van der Waals surface area contributed by atoms with Crippen LogP contribution in [0.3, 0.4) is 0 Å². The Bertz CT molecular complexity index is 444. The lowest BCUT2D eigenvalue weighted by molar-refractivity contribution is 0.359. The third-order valence-electron chi connectivity index (χ3n) is 4.09. The van der Waals surface area contributed by atoms with E-state index >= 15 is 0 Å². The van der Waals surface area contributed by atoms with Gasteiger partial charge in [-0.05, 0) is 49.5 Å². The molecule has 0 aromatic heterocycles. The van der Waals surface area contributed by atoms with Gasteiger partial charge in [0, 0.05) is 12.1 Å². The lowest BCUT2D eigenvalue weighted by Crippen LogP contribution is -2.44. The van der Waals surface area contributed by atoms with E-state index < -0.39 is 0 Å². The van der Waals surface area contributed by atoms with Crippen LogP contribution in [0.15, 0.2) is 18.2 Å². The van der Waals surface area contributed by atoms with E-state index in [1.807, 2.05) is 0 Å². The minimum Gasteiger partial charge on any atom is -0.496 e. The summed E-state index contributed by atoms with van der Waals surface area (Å²) in [6.07, 6.45) is 1.94. The van der Waals surface area contributed by atoms with Crippen LogP contribution < -0.4 is 10.5 Å². The Balaban J connectivity index is 2.25. The molecular formula is C16H26N2O. The van der Waals surface area contributed by atoms with Crippen LogP contribution in [-0.2, 0) is 6.42 Å². The number of likely N-dealkylation sites (N-methyl/N-ethyl adjacent to an activating group) is 1. The maximum atomic E-state index is 6.53. The summed E-state index contributed by atoms with van der Waals surface area (Å²) in [6.45, 7) is 6.48. The summed E-state index contributed by atoms with van der Waals surface area (Å²) in [5.74, 6) is 1.49. The standard InChI is InChI=1S/C16H26N2O/c1-12(2)13-5-6-15(19-4)14(9-13)10-16(17)7-8-18(3)11-16/h5-6,9,12H,7-8,10-11,17H2,1-4H3. The van der Waals surface area contributed by atoms with Crippen molar-refractivity contribution in [2.45, 2.75) is 38.1 Å². The lowest BCUT2D eigenvalue weighted by Gasteiger charge is -2.25. The molecule has 1 heterocycles. The highest BCUT2D eigenvalue weighted by Gasteiger charge is 2.33. The summed E-state index contributed by atoms with van der Waals surface area (Å²) < 4.78 is 5.49. The molecule has 3 nitrogen and oxygen atoms in total. The average Bonchev–Trinajstić information content (AvgIpc) is 2.68. The molecule has 3 heteroatoms. The van der Waals surface area contributed by atoms with Crippen molar-refractivity contribution in [2.75, 3.05) is 27.2 Å². The van der Waals surface area contributed by atoms with Crippen molar-refractivity contribution in [3.05, 3.63) is 29.3 Å². The maximum Gasteiger partial charge on any atom is 0.122 e. The number of hydrogen-bond acceptors (Lipinski definition) is 3. The first-order chi connectivity index (χ1) is 8.93. The Kier molecular flexibility index (Phi) is 4.16. The molecule has 1 aromatic rings. The maximum absolute atomic E-state index is 6.53. The van der Waals surface area contributed by atoms with Gasteiger partial charge in [-0.1, -0.05) is 26.0 Å². The minimum atomic E-state index is -0.113. The molecule has 1 aliphatic rings. The Morgan fingerprint density at radius 1 is 1.42 bits per heavy atom. The predicted octanol–water partition coefficient (Wildman–Crippen LogP) is 2.39. The van der Waals surface area contributed by atoms with Gasteiger partial charge in [-0.2, -0.15) is 0 Å². The first-order valence-corrected chi connectivity index (χ1v) is 7.08. The first-order valence-electron chi connectivity index (χ1n) is 7.08. The van der Waals surface area contributed by atoms with Crippen LogP contribution in [0.2, 0.25) is 0 Å². The summed E-state index contributed by atoms with van der Waals surface area (Å²) in [5, 5.41) is 0. The lowest BCUT2D eigenvalue weighted by atomic mass is 9.88. The van der Waals surface area contributed by atoms with E-state index in [0.717, 1.165) is 31.7 Å². The van der Waals surface area contributed by atoms with Crippen molar-refractivity contribution >= 4 is 0 Å². The number of hydrogen-bond donors (Lipinski definition) is 1. The SMILES string of the molecule is COc1ccc(C(C)C)cc1CC1(N)CCN(C)C1. The van der Waals surface area contributed by atoms with E-state index in [2.05, 4.69) is 44.0 Å². The highest BCUT2D eigenvalue weighted by atomic mass is 16.5. The van der Waals surface area contributed by atoms with Gasteiger partial charge < -0.3 is 15.4 Å². The van der Waals surface area contributed by atoms with Gasteiger partial charge in [0.2, 0.25) is 0 Å². The Morgan fingerprint density at radius 2 is 2.16 bits per heavy atom. The first kappa shape index (κ1) is 14.4. The molecule has 1 aromatic carbocycles. The zero-order valence-electron chi connectivity index (χ0n) is 12.6. The largest absolute Gasteiger partial charge is 0.496 e. The van der Waals surface area contributed by atoms with Crippen LogP contribution in [0.25, 0.3) is 0 Å². The van der Waals surface area contributed by atoms with Crippen LogP contribution in [0.1, 0.15) is 37.3 Å². The zero-order chi connectivity index (χ0) is 14.0. The van der Waals surface area contributed by atoms with Gasteiger partial charge in [-0.15, -0.1) is 0 Å². The molecule has 19 heavy (non-hydrogen) atoms. The molecule has 0 aliphatic carbocycles. The third kappa shape index (κ3) is 3.28. The zero-order valence-corrected chi connectivity index (χ0v) is 12.6. The van der Waals surface area contributed by atoms with Crippen molar-refractivity contribution in [2.24, 2.45) is 5.73 Å². The van der Waals surface area contributed by atoms with E-state index in [1.165, 1.54) is 11.1 Å². The van der Waals surface area contributed by atoms with Crippen LogP contribution in [-0.4, -0.2) is 37.7 Å². The molecule has 106 valence electrons. The number of methoxy groups -OCH3 is 1. The van der Waals surface area contributed by atoms with E-state index in [1.54, 1.807) is 7.11 Å². The van der Waals surface area contributed by atoms with Crippen molar-refractivity contribution in [1.82, 2.24) is 4.90 Å². The molecule has 0 radical (unpaired) electrons. The molecule has 1 fully saturated rings. The van der Waals surface area contributed by atoms with Crippen molar-refractivity contribution < 1.29 is 4.74 Å². The van der Waals surface area contributed by atoms with Crippen molar-refractivity contribution in [1.29, 1.82) is 0 Å². The van der Waals surface area contributed by atoms with Gasteiger partial charge in [-0.3, -0.25) is 0 Å². The van der Waals surface area contributed by atoms with E-state index in [9.17, 15) is 0 Å². The van der Waals surface area contributed by atoms with Crippen LogP contribution in [0.5, 0.6) is 5.75 Å². The second-order valence-electron chi connectivity index (χ2n) is 6.25. The van der Waals surface area contributed by atoms with Crippen molar-refractivity contribution in [3.8, 4) is 5.75 Å². The quantitative estimate of drug-likeness (QED) is 0.905. The molecule has 1 aliphatic heterocycles. The summed E-state index contributed by atoms with van der Waals surface area (Å²) >= 11 is 0. The van der Waals surface area contributed by atoms with Gasteiger partial charge in [0.05, 0.1) is 7.11 Å². The highest BCUT2D eigenvalue weighted by Crippen LogP contribution is 2.30. The number of nitrogens with two attached hydrogens (primary N) is 1. The number of nitrogens with zero attached hydrogens (tertiary/aromatic N) is 1. The van der Waals surface area contributed by atoms with Crippen molar-refractivity contribution in [3.63, 3.8) is 0 Å². The fourth-order valence-electron chi connectivity index (χ4n) is 2.93. The molecule has 2 N–H and O–H groups in total. The van der Waals surface area contributed by atoms with Gasteiger partial charge in [0.25, 0.3) is 0 Å². The number of rotatable bonds is 4. The second kappa shape index (κ2) is 5.51. The molecule has 2 rings (SSSR count).